The van der Waals surface area contributed by atoms with Crippen molar-refractivity contribution in [2.75, 3.05) is 4.72 Å². The highest BCUT2D eigenvalue weighted by molar-refractivity contribution is 7.92. The van der Waals surface area contributed by atoms with E-state index in [-0.39, 0.29) is 16.4 Å². The van der Waals surface area contributed by atoms with E-state index in [2.05, 4.69) is 9.10 Å². The molecule has 0 radical (unpaired) electrons. The SMILES string of the molecule is Cc1ccc(-c2ccc(-c3cnsc3C)cc2NS(=O)(=O)c2cc(C(=O)O)ccc2C2CC2)s1. The van der Waals surface area contributed by atoms with Gasteiger partial charge in [0.1, 0.15) is 0 Å². The molecular formula is C25H22N2O4S3. The predicted octanol–water partition coefficient (Wildman–Crippen LogP) is 6.53. The van der Waals surface area contributed by atoms with Gasteiger partial charge in [0.15, 0.2) is 0 Å². The maximum absolute atomic E-state index is 13.7. The summed E-state index contributed by atoms with van der Waals surface area (Å²) in [5, 5.41) is 9.45. The number of nitrogens with zero attached hydrogens (tertiary/aromatic N) is 1. The van der Waals surface area contributed by atoms with Crippen molar-refractivity contribution in [3.8, 4) is 21.6 Å². The van der Waals surface area contributed by atoms with Gasteiger partial charge < -0.3 is 5.11 Å². The van der Waals surface area contributed by atoms with E-state index >= 15 is 0 Å². The molecule has 34 heavy (non-hydrogen) atoms. The fourth-order valence-corrected chi connectivity index (χ4v) is 6.89. The Morgan fingerprint density at radius 1 is 1.06 bits per heavy atom. The Kier molecular flexibility index (Phi) is 5.79. The van der Waals surface area contributed by atoms with Gasteiger partial charge in [-0.1, -0.05) is 18.2 Å². The molecule has 6 nitrogen and oxygen atoms in total. The van der Waals surface area contributed by atoms with E-state index in [0.29, 0.717) is 11.3 Å². The third-order valence-electron chi connectivity index (χ3n) is 5.90. The standard InChI is InChI=1S/C25H22N2O4S3/c1-14-3-10-23(32-14)20-9-6-17(21-13-26-33-15(21)2)11-22(20)27-34(30,31)24-12-18(25(28)29)7-8-19(24)16-4-5-16/h3,6-13,16,27H,4-5H2,1-2H3,(H,28,29). The van der Waals surface area contributed by atoms with Crippen LogP contribution >= 0.6 is 22.9 Å². The number of aromatic nitrogens is 1. The first-order chi connectivity index (χ1) is 16.2. The first kappa shape index (κ1) is 22.8. The van der Waals surface area contributed by atoms with E-state index in [1.165, 1.54) is 23.7 Å². The summed E-state index contributed by atoms with van der Waals surface area (Å²) in [7, 11) is -4.05. The summed E-state index contributed by atoms with van der Waals surface area (Å²) in [6, 6.07) is 14.1. The Bertz CT molecular complexity index is 1510. The molecule has 1 aliphatic carbocycles. The molecule has 1 fully saturated rings. The van der Waals surface area contributed by atoms with Crippen LogP contribution < -0.4 is 4.72 Å². The summed E-state index contributed by atoms with van der Waals surface area (Å²) in [5.41, 5.74) is 3.65. The van der Waals surface area contributed by atoms with Crippen LogP contribution in [0.1, 0.15) is 44.4 Å². The van der Waals surface area contributed by atoms with Crippen LogP contribution in [0, 0.1) is 13.8 Å². The van der Waals surface area contributed by atoms with Gasteiger partial charge in [-0.05, 0) is 85.6 Å². The number of hydrogen-bond donors (Lipinski definition) is 2. The van der Waals surface area contributed by atoms with Gasteiger partial charge in [-0.2, -0.15) is 0 Å². The lowest BCUT2D eigenvalue weighted by Gasteiger charge is -2.16. The number of anilines is 1. The zero-order chi connectivity index (χ0) is 24.0. The predicted molar refractivity (Wildman–Crippen MR) is 137 cm³/mol. The molecular weight excluding hydrogens is 488 g/mol. The number of carboxylic acid groups (broad SMARTS) is 1. The number of aromatic carboxylic acids is 1. The number of benzene rings is 2. The molecule has 0 bridgehead atoms. The third kappa shape index (κ3) is 4.38. The summed E-state index contributed by atoms with van der Waals surface area (Å²) >= 11 is 2.98. The van der Waals surface area contributed by atoms with E-state index in [4.69, 9.17) is 0 Å². The lowest BCUT2D eigenvalue weighted by molar-refractivity contribution is 0.0696. The van der Waals surface area contributed by atoms with Crippen molar-refractivity contribution in [2.24, 2.45) is 0 Å². The van der Waals surface area contributed by atoms with Crippen molar-refractivity contribution < 1.29 is 18.3 Å². The molecule has 1 saturated carbocycles. The average molecular weight is 511 g/mol. The highest BCUT2D eigenvalue weighted by atomic mass is 32.2. The van der Waals surface area contributed by atoms with Gasteiger partial charge in [-0.15, -0.1) is 11.3 Å². The summed E-state index contributed by atoms with van der Waals surface area (Å²) in [4.78, 5) is 14.7. The molecule has 9 heteroatoms. The number of thiophene rings is 1. The topological polar surface area (TPSA) is 96.4 Å². The first-order valence-corrected chi connectivity index (χ1v) is 13.8. The van der Waals surface area contributed by atoms with E-state index in [1.54, 1.807) is 23.6 Å². The van der Waals surface area contributed by atoms with Gasteiger partial charge in [-0.25, -0.2) is 17.6 Å². The van der Waals surface area contributed by atoms with Gasteiger partial charge >= 0.3 is 5.97 Å². The zero-order valence-electron chi connectivity index (χ0n) is 18.5. The molecule has 2 aromatic carbocycles. The second-order valence-electron chi connectivity index (χ2n) is 8.40. The summed E-state index contributed by atoms with van der Waals surface area (Å²) < 4.78 is 34.4. The Morgan fingerprint density at radius 3 is 2.47 bits per heavy atom. The maximum Gasteiger partial charge on any atom is 0.335 e. The van der Waals surface area contributed by atoms with Crippen LogP contribution in [0.2, 0.25) is 0 Å². The lowest BCUT2D eigenvalue weighted by atomic mass is 10.0. The number of hydrogen-bond acceptors (Lipinski definition) is 6. The lowest BCUT2D eigenvalue weighted by Crippen LogP contribution is -2.16. The molecule has 2 heterocycles. The van der Waals surface area contributed by atoms with E-state index in [9.17, 15) is 18.3 Å². The Labute approximate surface area is 206 Å². The number of nitrogens with one attached hydrogen (secondary N) is 1. The normalized spacial score (nSPS) is 13.7. The molecule has 4 aromatic rings. The molecule has 0 saturated heterocycles. The molecule has 0 atom stereocenters. The van der Waals surface area contributed by atoms with Crippen molar-refractivity contribution in [3.05, 3.63) is 75.6 Å². The molecule has 0 unspecified atom stereocenters. The molecule has 0 aliphatic heterocycles. The van der Waals surface area contributed by atoms with Gasteiger partial charge in [0.2, 0.25) is 0 Å². The summed E-state index contributed by atoms with van der Waals surface area (Å²) in [6.07, 6.45) is 3.58. The van der Waals surface area contributed by atoms with Gasteiger partial charge in [0.05, 0.1) is 16.1 Å². The fraction of sp³-hybridized carbons (Fsp3) is 0.200. The molecule has 2 aromatic heterocycles. The average Bonchev–Trinajstić information content (AvgIpc) is 3.42. The highest BCUT2D eigenvalue weighted by Crippen LogP contribution is 2.44. The molecule has 0 amide bonds. The quantitative estimate of drug-likeness (QED) is 0.295. The van der Waals surface area contributed by atoms with Crippen LogP contribution in [0.3, 0.4) is 0 Å². The molecule has 1 aliphatic rings. The van der Waals surface area contributed by atoms with Crippen molar-refractivity contribution in [3.63, 3.8) is 0 Å². The van der Waals surface area contributed by atoms with Gasteiger partial charge in [0, 0.05) is 32.0 Å². The number of sulfonamides is 1. The Morgan fingerprint density at radius 2 is 1.85 bits per heavy atom. The van der Waals surface area contributed by atoms with Crippen molar-refractivity contribution in [1.29, 1.82) is 0 Å². The number of carbonyl (C=O) groups is 1. The largest absolute Gasteiger partial charge is 0.478 e. The van der Waals surface area contributed by atoms with E-state index in [1.807, 2.05) is 44.2 Å². The third-order valence-corrected chi connectivity index (χ3v) is 9.06. The van der Waals surface area contributed by atoms with E-state index in [0.717, 1.165) is 44.2 Å². The second-order valence-corrected chi connectivity index (χ2v) is 12.3. The fourth-order valence-electron chi connectivity index (χ4n) is 4.00. The smallest absolute Gasteiger partial charge is 0.335 e. The summed E-state index contributed by atoms with van der Waals surface area (Å²) in [6.45, 7) is 3.98. The number of aryl methyl sites for hydroxylation is 2. The molecule has 0 spiro atoms. The number of rotatable bonds is 7. The van der Waals surface area contributed by atoms with Crippen molar-refractivity contribution in [1.82, 2.24) is 4.37 Å². The zero-order valence-corrected chi connectivity index (χ0v) is 21.0. The van der Waals surface area contributed by atoms with Crippen molar-refractivity contribution >= 4 is 44.5 Å². The van der Waals surface area contributed by atoms with Crippen LogP contribution in [0.4, 0.5) is 5.69 Å². The monoisotopic (exact) mass is 510 g/mol. The Hall–Kier alpha value is -3.01. The molecule has 174 valence electrons. The Balaban J connectivity index is 1.64. The van der Waals surface area contributed by atoms with Gasteiger partial charge in [-0.3, -0.25) is 4.72 Å². The van der Waals surface area contributed by atoms with Crippen LogP contribution in [-0.2, 0) is 10.0 Å². The van der Waals surface area contributed by atoms with Crippen LogP contribution in [0.15, 0.2) is 59.6 Å². The highest BCUT2D eigenvalue weighted by Gasteiger charge is 2.31. The second kappa shape index (κ2) is 8.65. The number of carboxylic acids is 1. The minimum absolute atomic E-state index is 0.0296. The molecule has 2 N–H and O–H groups in total. The summed E-state index contributed by atoms with van der Waals surface area (Å²) in [5.74, 6) is -1.02. The maximum atomic E-state index is 13.7. The first-order valence-electron chi connectivity index (χ1n) is 10.8. The van der Waals surface area contributed by atoms with Crippen LogP contribution in [0.25, 0.3) is 21.6 Å². The van der Waals surface area contributed by atoms with E-state index < -0.39 is 16.0 Å². The molecule has 5 rings (SSSR count). The minimum Gasteiger partial charge on any atom is -0.478 e. The minimum atomic E-state index is -4.05. The van der Waals surface area contributed by atoms with Crippen LogP contribution in [-0.4, -0.2) is 23.9 Å². The van der Waals surface area contributed by atoms with Crippen molar-refractivity contribution in [2.45, 2.75) is 37.5 Å². The van der Waals surface area contributed by atoms with Crippen LogP contribution in [0.5, 0.6) is 0 Å². The van der Waals surface area contributed by atoms with Gasteiger partial charge in [0.25, 0.3) is 10.0 Å².